The van der Waals surface area contributed by atoms with E-state index in [0.717, 1.165) is 51.2 Å². The lowest BCUT2D eigenvalue weighted by molar-refractivity contribution is 0.446. The second-order valence-corrected chi connectivity index (χ2v) is 6.66. The summed E-state index contributed by atoms with van der Waals surface area (Å²) >= 11 is 0. The van der Waals surface area contributed by atoms with E-state index in [2.05, 4.69) is 41.3 Å². The van der Waals surface area contributed by atoms with Crippen LogP contribution in [0.2, 0.25) is 0 Å². The van der Waals surface area contributed by atoms with Gasteiger partial charge < -0.3 is 9.47 Å². The Morgan fingerprint density at radius 1 is 0.481 bits per heavy atom. The summed E-state index contributed by atoms with van der Waals surface area (Å²) in [5, 5.41) is 0. The molecule has 0 aromatic heterocycles. The molecule has 0 spiro atoms. The zero-order valence-corrected chi connectivity index (χ0v) is 14.4. The Balaban J connectivity index is 1.64. The van der Waals surface area contributed by atoms with E-state index >= 15 is 0 Å². The third kappa shape index (κ3) is 2.09. The number of para-hydroxylation sites is 4. The van der Waals surface area contributed by atoms with Gasteiger partial charge in [0.25, 0.3) is 0 Å². The first-order chi connectivity index (χ1) is 13.4. The highest BCUT2D eigenvalue weighted by Crippen LogP contribution is 2.60. The minimum absolute atomic E-state index is 0.805. The highest BCUT2D eigenvalue weighted by atomic mass is 16.5. The number of hydrogen-bond donors (Lipinski definition) is 0. The molecule has 128 valence electrons. The van der Waals surface area contributed by atoms with Crippen molar-refractivity contribution in [1.29, 1.82) is 0 Å². The molecule has 6 rings (SSSR count). The van der Waals surface area contributed by atoms with Crippen LogP contribution in [0.15, 0.2) is 91.0 Å². The van der Waals surface area contributed by atoms with Crippen molar-refractivity contribution in [2.75, 3.05) is 4.90 Å². The molecule has 3 nitrogen and oxygen atoms in total. The van der Waals surface area contributed by atoms with Gasteiger partial charge in [0.15, 0.2) is 23.0 Å². The molecule has 2 aliphatic rings. The summed E-state index contributed by atoms with van der Waals surface area (Å²) in [5.74, 6) is 3.30. The monoisotopic (exact) mass is 349 g/mol. The van der Waals surface area contributed by atoms with Crippen molar-refractivity contribution in [3.8, 4) is 34.1 Å². The lowest BCUT2D eigenvalue weighted by atomic mass is 10.0. The second kappa shape index (κ2) is 5.39. The maximum absolute atomic E-state index is 6.28. The first-order valence-electron chi connectivity index (χ1n) is 8.96. The molecular formula is C24H15NO2. The molecule has 0 radical (unpaired) electrons. The maximum atomic E-state index is 6.28. The summed E-state index contributed by atoms with van der Waals surface area (Å²) in [5.41, 5.74) is 5.20. The second-order valence-electron chi connectivity index (χ2n) is 6.66. The molecule has 4 aromatic carbocycles. The third-order valence-electron chi connectivity index (χ3n) is 5.02. The number of ether oxygens (including phenoxy) is 2. The van der Waals surface area contributed by atoms with E-state index in [0.29, 0.717) is 0 Å². The molecule has 0 atom stereocenters. The molecule has 0 saturated carbocycles. The van der Waals surface area contributed by atoms with Gasteiger partial charge >= 0.3 is 0 Å². The standard InChI is InChI=1S/C24H15NO2/c1-2-8-16(9-3-1)17-14-22-24-23(15-17)27-21-13-7-5-11-19(21)25(24)18-10-4-6-12-20(18)26-22/h1-15H. The highest BCUT2D eigenvalue weighted by Gasteiger charge is 2.34. The van der Waals surface area contributed by atoms with Crippen molar-refractivity contribution in [3.05, 3.63) is 91.0 Å². The van der Waals surface area contributed by atoms with E-state index in [4.69, 9.17) is 9.47 Å². The Hall–Kier alpha value is -3.72. The molecule has 0 saturated heterocycles. The van der Waals surface area contributed by atoms with Crippen LogP contribution in [0.5, 0.6) is 23.0 Å². The van der Waals surface area contributed by atoms with Gasteiger partial charge in [-0.05, 0) is 47.5 Å². The number of nitrogens with zero attached hydrogens (tertiary/aromatic N) is 1. The predicted octanol–water partition coefficient (Wildman–Crippen LogP) is 7.03. The zero-order valence-electron chi connectivity index (χ0n) is 14.4. The number of rotatable bonds is 1. The Labute approximate surface area is 157 Å². The van der Waals surface area contributed by atoms with Gasteiger partial charge in [-0.2, -0.15) is 0 Å². The summed E-state index contributed by atoms with van der Waals surface area (Å²) in [6.45, 7) is 0. The van der Waals surface area contributed by atoms with Gasteiger partial charge in [-0.25, -0.2) is 0 Å². The molecule has 2 heterocycles. The van der Waals surface area contributed by atoms with Crippen LogP contribution in [0, 0.1) is 0 Å². The van der Waals surface area contributed by atoms with E-state index < -0.39 is 0 Å². The zero-order chi connectivity index (χ0) is 17.8. The first kappa shape index (κ1) is 14.4. The van der Waals surface area contributed by atoms with Crippen molar-refractivity contribution < 1.29 is 9.47 Å². The lowest BCUT2D eigenvalue weighted by Gasteiger charge is -2.38. The van der Waals surface area contributed by atoms with Crippen LogP contribution >= 0.6 is 0 Å². The Kier molecular flexibility index (Phi) is 2.88. The predicted molar refractivity (Wildman–Crippen MR) is 107 cm³/mol. The molecule has 27 heavy (non-hydrogen) atoms. The van der Waals surface area contributed by atoms with E-state index in [9.17, 15) is 0 Å². The summed E-state index contributed by atoms with van der Waals surface area (Å²) in [6.07, 6.45) is 0. The highest BCUT2D eigenvalue weighted by molar-refractivity contribution is 5.95. The fourth-order valence-electron chi connectivity index (χ4n) is 3.82. The molecule has 0 bridgehead atoms. The number of anilines is 3. The average molecular weight is 349 g/mol. The minimum Gasteiger partial charge on any atom is -0.453 e. The first-order valence-corrected chi connectivity index (χ1v) is 8.96. The van der Waals surface area contributed by atoms with Crippen molar-refractivity contribution in [2.45, 2.75) is 0 Å². The Morgan fingerprint density at radius 3 is 1.59 bits per heavy atom. The van der Waals surface area contributed by atoms with Crippen molar-refractivity contribution in [1.82, 2.24) is 0 Å². The normalized spacial score (nSPS) is 13.0. The smallest absolute Gasteiger partial charge is 0.156 e. The molecule has 0 N–H and O–H groups in total. The largest absolute Gasteiger partial charge is 0.453 e. The Bertz CT molecular complexity index is 1110. The topological polar surface area (TPSA) is 21.7 Å². The molecular weight excluding hydrogens is 334 g/mol. The van der Waals surface area contributed by atoms with Crippen LogP contribution in [0.25, 0.3) is 11.1 Å². The molecule has 0 fully saturated rings. The van der Waals surface area contributed by atoms with Crippen molar-refractivity contribution >= 4 is 17.1 Å². The number of fused-ring (bicyclic) bond motifs is 4. The van der Waals surface area contributed by atoms with Crippen LogP contribution in [-0.4, -0.2) is 0 Å². The third-order valence-corrected chi connectivity index (χ3v) is 5.02. The van der Waals surface area contributed by atoms with Gasteiger partial charge in [-0.3, -0.25) is 4.90 Å². The van der Waals surface area contributed by atoms with Gasteiger partial charge in [-0.1, -0.05) is 54.6 Å². The summed E-state index contributed by atoms with van der Waals surface area (Å²) in [7, 11) is 0. The van der Waals surface area contributed by atoms with E-state index in [1.54, 1.807) is 0 Å². The molecule has 0 aliphatic carbocycles. The summed E-state index contributed by atoms with van der Waals surface area (Å²) < 4.78 is 12.6. The molecule has 3 heteroatoms. The van der Waals surface area contributed by atoms with Crippen molar-refractivity contribution in [2.24, 2.45) is 0 Å². The molecule has 0 amide bonds. The lowest BCUT2D eigenvalue weighted by Crippen LogP contribution is -2.20. The quantitative estimate of drug-likeness (QED) is 0.318. The maximum Gasteiger partial charge on any atom is 0.156 e. The van der Waals surface area contributed by atoms with Gasteiger partial charge in [0.05, 0.1) is 11.4 Å². The van der Waals surface area contributed by atoms with Crippen LogP contribution in [-0.2, 0) is 0 Å². The van der Waals surface area contributed by atoms with E-state index in [-0.39, 0.29) is 0 Å². The molecule has 0 unspecified atom stereocenters. The summed E-state index contributed by atoms with van der Waals surface area (Å²) in [6, 6.07) is 30.7. The summed E-state index contributed by atoms with van der Waals surface area (Å²) in [4.78, 5) is 2.23. The van der Waals surface area contributed by atoms with Crippen LogP contribution in [0.4, 0.5) is 17.1 Å². The van der Waals surface area contributed by atoms with Crippen LogP contribution in [0.1, 0.15) is 0 Å². The minimum atomic E-state index is 0.805. The Morgan fingerprint density at radius 2 is 1.00 bits per heavy atom. The van der Waals surface area contributed by atoms with Crippen LogP contribution in [0.3, 0.4) is 0 Å². The molecule has 4 aromatic rings. The van der Waals surface area contributed by atoms with Gasteiger partial charge in [0.2, 0.25) is 0 Å². The van der Waals surface area contributed by atoms with Gasteiger partial charge in [0.1, 0.15) is 5.69 Å². The van der Waals surface area contributed by atoms with E-state index in [1.807, 2.05) is 54.6 Å². The molecule has 2 aliphatic heterocycles. The fraction of sp³-hybridized carbons (Fsp3) is 0. The van der Waals surface area contributed by atoms with Gasteiger partial charge in [-0.15, -0.1) is 0 Å². The number of hydrogen-bond acceptors (Lipinski definition) is 3. The van der Waals surface area contributed by atoms with Crippen LogP contribution < -0.4 is 14.4 Å². The SMILES string of the molecule is c1ccc(-c2cc3c4c(c2)Oc2ccccc2N4c2ccccc2O3)cc1. The fourth-order valence-corrected chi connectivity index (χ4v) is 3.82. The van der Waals surface area contributed by atoms with Crippen molar-refractivity contribution in [3.63, 3.8) is 0 Å². The average Bonchev–Trinajstić information content (AvgIpc) is 2.74. The number of benzene rings is 4. The van der Waals surface area contributed by atoms with Gasteiger partial charge in [0, 0.05) is 0 Å². The van der Waals surface area contributed by atoms with E-state index in [1.165, 1.54) is 0 Å².